The van der Waals surface area contributed by atoms with Gasteiger partial charge in [-0.05, 0) is 42.2 Å². The number of methoxy groups -OCH3 is 1. The average molecular weight is 427 g/mol. The summed E-state index contributed by atoms with van der Waals surface area (Å²) < 4.78 is 51.5. The Hall–Kier alpha value is -3.06. The van der Waals surface area contributed by atoms with Crippen molar-refractivity contribution in [3.05, 3.63) is 89.1 Å². The summed E-state index contributed by atoms with van der Waals surface area (Å²) in [5.41, 5.74) is -1.71. The highest BCUT2D eigenvalue weighted by Crippen LogP contribution is 2.67. The fourth-order valence-corrected chi connectivity index (χ4v) is 5.21. The van der Waals surface area contributed by atoms with Crippen LogP contribution < -0.4 is 9.47 Å². The van der Waals surface area contributed by atoms with E-state index in [1.165, 1.54) is 25.4 Å². The predicted octanol–water partition coefficient (Wildman–Crippen LogP) is 5.16. The van der Waals surface area contributed by atoms with Crippen LogP contribution in [0.2, 0.25) is 0 Å². The van der Waals surface area contributed by atoms with E-state index >= 15 is 0 Å². The summed E-state index contributed by atoms with van der Waals surface area (Å²) in [5.74, 6) is 0.393. The van der Waals surface area contributed by atoms with E-state index < -0.39 is 22.9 Å². The zero-order valence-corrected chi connectivity index (χ0v) is 16.7. The second-order valence-corrected chi connectivity index (χ2v) is 7.97. The number of ether oxygens (including phenoxy) is 2. The molecular formula is C24H20F3NO3. The zero-order valence-electron chi connectivity index (χ0n) is 16.7. The van der Waals surface area contributed by atoms with Crippen molar-refractivity contribution in [2.75, 3.05) is 7.11 Å². The van der Waals surface area contributed by atoms with Gasteiger partial charge < -0.3 is 14.6 Å². The van der Waals surface area contributed by atoms with Crippen molar-refractivity contribution in [2.24, 2.45) is 0 Å². The van der Waals surface area contributed by atoms with Crippen LogP contribution in [0.1, 0.15) is 41.0 Å². The third kappa shape index (κ3) is 2.69. The van der Waals surface area contributed by atoms with Crippen LogP contribution in [0.3, 0.4) is 0 Å². The minimum absolute atomic E-state index is 0.252. The molecule has 1 N–H and O–H groups in total. The van der Waals surface area contributed by atoms with Crippen LogP contribution in [0.5, 0.6) is 11.6 Å². The van der Waals surface area contributed by atoms with Crippen molar-refractivity contribution >= 4 is 0 Å². The Morgan fingerprint density at radius 3 is 2.42 bits per heavy atom. The van der Waals surface area contributed by atoms with Gasteiger partial charge in [-0.15, -0.1) is 0 Å². The molecule has 3 atom stereocenters. The Labute approximate surface area is 177 Å². The summed E-state index contributed by atoms with van der Waals surface area (Å²) >= 11 is 0. The molecule has 2 aromatic carbocycles. The zero-order chi connectivity index (χ0) is 21.9. The van der Waals surface area contributed by atoms with E-state index in [0.717, 1.165) is 17.7 Å². The van der Waals surface area contributed by atoms with Gasteiger partial charge in [0.05, 0.1) is 18.2 Å². The quantitative estimate of drug-likeness (QED) is 0.627. The SMILES string of the molecule is COc1nccc2c1C1(O)CCC(c3ccccc3)C1(c1ccc(C(F)(F)F)cc1)O2. The number of benzene rings is 2. The molecule has 3 unspecified atom stereocenters. The van der Waals surface area contributed by atoms with E-state index in [1.54, 1.807) is 6.07 Å². The first-order valence-corrected chi connectivity index (χ1v) is 9.99. The van der Waals surface area contributed by atoms with Crippen LogP contribution in [0.15, 0.2) is 66.9 Å². The maximum Gasteiger partial charge on any atom is 0.416 e. The fourth-order valence-electron chi connectivity index (χ4n) is 5.21. The predicted molar refractivity (Wildman–Crippen MR) is 107 cm³/mol. The summed E-state index contributed by atoms with van der Waals surface area (Å²) in [6.07, 6.45) is -1.99. The van der Waals surface area contributed by atoms with Crippen molar-refractivity contribution in [2.45, 2.75) is 36.1 Å². The number of halogens is 3. The lowest BCUT2D eigenvalue weighted by Crippen LogP contribution is -2.48. The van der Waals surface area contributed by atoms with Crippen LogP contribution in [0.4, 0.5) is 13.2 Å². The summed E-state index contributed by atoms with van der Waals surface area (Å²) in [7, 11) is 1.47. The van der Waals surface area contributed by atoms with Crippen molar-refractivity contribution in [1.82, 2.24) is 4.98 Å². The third-order valence-corrected chi connectivity index (χ3v) is 6.50. The molecule has 31 heavy (non-hydrogen) atoms. The lowest BCUT2D eigenvalue weighted by molar-refractivity contribution is -0.137. The topological polar surface area (TPSA) is 51.6 Å². The molecule has 5 rings (SSSR count). The number of aromatic nitrogens is 1. The molecular weight excluding hydrogens is 407 g/mol. The maximum absolute atomic E-state index is 13.2. The number of hydrogen-bond acceptors (Lipinski definition) is 4. The minimum atomic E-state index is -4.45. The number of aliphatic hydroxyl groups is 1. The van der Waals surface area contributed by atoms with Crippen LogP contribution in [-0.2, 0) is 17.4 Å². The summed E-state index contributed by atoms with van der Waals surface area (Å²) in [5, 5.41) is 12.1. The molecule has 0 bridgehead atoms. The van der Waals surface area contributed by atoms with E-state index in [-0.39, 0.29) is 11.8 Å². The molecule has 0 saturated heterocycles. The Bertz CT molecular complexity index is 1120. The smallest absolute Gasteiger partial charge is 0.416 e. The molecule has 0 amide bonds. The number of rotatable bonds is 3. The van der Waals surface area contributed by atoms with E-state index in [4.69, 9.17) is 9.47 Å². The van der Waals surface area contributed by atoms with Crippen molar-refractivity contribution in [1.29, 1.82) is 0 Å². The Morgan fingerprint density at radius 1 is 1.06 bits per heavy atom. The van der Waals surface area contributed by atoms with Gasteiger partial charge >= 0.3 is 6.18 Å². The molecule has 3 aromatic rings. The molecule has 2 aliphatic rings. The van der Waals surface area contributed by atoms with Crippen LogP contribution in [0, 0.1) is 0 Å². The molecule has 4 nitrogen and oxygen atoms in total. The van der Waals surface area contributed by atoms with Crippen LogP contribution in [0.25, 0.3) is 0 Å². The summed E-state index contributed by atoms with van der Waals surface area (Å²) in [6, 6.07) is 16.1. The molecule has 1 aliphatic heterocycles. The normalized spacial score (nSPS) is 26.8. The molecule has 1 fully saturated rings. The lowest BCUT2D eigenvalue weighted by Gasteiger charge is -2.40. The van der Waals surface area contributed by atoms with Gasteiger partial charge in [0.1, 0.15) is 11.4 Å². The number of fused-ring (bicyclic) bond motifs is 3. The second kappa shape index (κ2) is 6.72. The molecule has 1 aliphatic carbocycles. The van der Waals surface area contributed by atoms with E-state index in [0.29, 0.717) is 29.7 Å². The largest absolute Gasteiger partial charge is 0.481 e. The van der Waals surface area contributed by atoms with Gasteiger partial charge in [0.25, 0.3) is 0 Å². The maximum atomic E-state index is 13.2. The van der Waals surface area contributed by atoms with Gasteiger partial charge in [-0.2, -0.15) is 13.2 Å². The van der Waals surface area contributed by atoms with Crippen LogP contribution >= 0.6 is 0 Å². The van der Waals surface area contributed by atoms with E-state index in [9.17, 15) is 18.3 Å². The first-order valence-electron chi connectivity index (χ1n) is 9.99. The molecule has 0 radical (unpaired) electrons. The number of hydrogen-bond donors (Lipinski definition) is 1. The van der Waals surface area contributed by atoms with Crippen LogP contribution in [-0.4, -0.2) is 17.2 Å². The van der Waals surface area contributed by atoms with E-state index in [2.05, 4.69) is 4.98 Å². The summed E-state index contributed by atoms with van der Waals surface area (Å²) in [4.78, 5) is 4.23. The molecule has 0 spiro atoms. The van der Waals surface area contributed by atoms with E-state index in [1.807, 2.05) is 30.3 Å². The highest BCUT2D eigenvalue weighted by molar-refractivity contribution is 5.56. The minimum Gasteiger partial charge on any atom is -0.481 e. The number of pyridine rings is 1. The Balaban J connectivity index is 1.74. The molecule has 1 saturated carbocycles. The highest BCUT2D eigenvalue weighted by atomic mass is 19.4. The standard InChI is InChI=1S/C24H20F3NO3/c1-30-21-20-19(12-14-28-21)31-23(16-7-9-17(10-8-16)24(25,26)27)18(11-13-22(20,23)29)15-5-3-2-4-6-15/h2-10,12,14,18,29H,11,13H2,1H3. The molecule has 2 heterocycles. The van der Waals surface area contributed by atoms with Gasteiger partial charge in [-0.25, -0.2) is 4.98 Å². The van der Waals surface area contributed by atoms with Crippen molar-refractivity contribution < 1.29 is 27.8 Å². The molecule has 7 heteroatoms. The lowest BCUT2D eigenvalue weighted by atomic mass is 9.72. The second-order valence-electron chi connectivity index (χ2n) is 7.97. The van der Waals surface area contributed by atoms with Gasteiger partial charge in [0.2, 0.25) is 5.88 Å². The summed E-state index contributed by atoms with van der Waals surface area (Å²) in [6.45, 7) is 0. The molecule has 160 valence electrons. The first kappa shape index (κ1) is 19.9. The fraction of sp³-hybridized carbons (Fsp3) is 0.292. The van der Waals surface area contributed by atoms with Gasteiger partial charge in [-0.3, -0.25) is 0 Å². The average Bonchev–Trinajstić information content (AvgIpc) is 3.21. The van der Waals surface area contributed by atoms with Gasteiger partial charge in [0, 0.05) is 12.1 Å². The van der Waals surface area contributed by atoms with Gasteiger partial charge in [0.15, 0.2) is 5.60 Å². The Morgan fingerprint density at radius 2 is 1.77 bits per heavy atom. The Kier molecular flexibility index (Phi) is 4.31. The van der Waals surface area contributed by atoms with Crippen molar-refractivity contribution in [3.8, 4) is 11.6 Å². The van der Waals surface area contributed by atoms with Crippen molar-refractivity contribution in [3.63, 3.8) is 0 Å². The third-order valence-electron chi connectivity index (χ3n) is 6.50. The molecule has 1 aromatic heterocycles. The monoisotopic (exact) mass is 427 g/mol. The number of nitrogens with zero attached hydrogens (tertiary/aromatic N) is 1. The highest BCUT2D eigenvalue weighted by Gasteiger charge is 2.69. The number of alkyl halides is 3. The van der Waals surface area contributed by atoms with Gasteiger partial charge in [-0.1, -0.05) is 42.5 Å². The first-order chi connectivity index (χ1) is 14.8.